The van der Waals surface area contributed by atoms with Crippen LogP contribution in [-0.4, -0.2) is 50.0 Å². The second kappa shape index (κ2) is 9.20. The first-order valence-electron chi connectivity index (χ1n) is 12.2. The summed E-state index contributed by atoms with van der Waals surface area (Å²) in [4.78, 5) is 43.1. The van der Waals surface area contributed by atoms with Gasteiger partial charge in [-0.15, -0.1) is 0 Å². The van der Waals surface area contributed by atoms with Crippen LogP contribution in [0.25, 0.3) is 0 Å². The van der Waals surface area contributed by atoms with Crippen LogP contribution in [0, 0.1) is 27.9 Å². The minimum atomic E-state index is -0.423. The second-order valence-corrected chi connectivity index (χ2v) is 9.75. The summed E-state index contributed by atoms with van der Waals surface area (Å²) in [6.07, 6.45) is 2.32. The average Bonchev–Trinajstić information content (AvgIpc) is 3.12. The molecule has 3 fully saturated rings. The third-order valence-electron chi connectivity index (χ3n) is 7.64. The third-order valence-corrected chi connectivity index (χ3v) is 7.64. The maximum Gasteiger partial charge on any atom is 0.294 e. The Balaban J connectivity index is 1.36. The Morgan fingerprint density at radius 3 is 2.34 bits per heavy atom. The molecule has 0 unspecified atom stereocenters. The molecule has 2 amide bonds. The number of rotatable bonds is 5. The zero-order valence-electron chi connectivity index (χ0n) is 20.1. The van der Waals surface area contributed by atoms with Gasteiger partial charge in [-0.2, -0.15) is 0 Å². The van der Waals surface area contributed by atoms with Crippen LogP contribution in [0.5, 0.6) is 5.75 Å². The molecule has 0 spiro atoms. The van der Waals surface area contributed by atoms with E-state index in [0.717, 1.165) is 17.9 Å². The number of anilines is 3. The van der Waals surface area contributed by atoms with Crippen molar-refractivity contribution >= 4 is 34.6 Å². The first-order chi connectivity index (χ1) is 16.9. The summed E-state index contributed by atoms with van der Waals surface area (Å²) in [5, 5.41) is 12.0. The number of nitro groups is 1. The molecule has 1 aliphatic carbocycles. The van der Waals surface area contributed by atoms with Crippen molar-refractivity contribution in [2.75, 3.05) is 48.0 Å². The molecular formula is C26H30N4O5. The maximum absolute atomic E-state index is 13.1. The number of benzene rings is 2. The molecule has 5 rings (SSSR count). The molecule has 0 bridgehead atoms. The molecule has 0 aromatic heterocycles. The van der Waals surface area contributed by atoms with E-state index in [2.05, 4.69) is 11.8 Å². The van der Waals surface area contributed by atoms with Gasteiger partial charge in [-0.1, -0.05) is 13.0 Å². The Kier molecular flexibility index (Phi) is 6.08. The van der Waals surface area contributed by atoms with Gasteiger partial charge in [0.25, 0.3) is 5.69 Å². The largest absolute Gasteiger partial charge is 0.497 e. The molecule has 0 N–H and O–H groups in total. The van der Waals surface area contributed by atoms with E-state index in [0.29, 0.717) is 56.3 Å². The van der Waals surface area contributed by atoms with Crippen molar-refractivity contribution in [2.45, 2.75) is 26.2 Å². The van der Waals surface area contributed by atoms with Gasteiger partial charge in [-0.25, -0.2) is 4.90 Å². The van der Waals surface area contributed by atoms with Crippen LogP contribution in [0.3, 0.4) is 0 Å². The molecule has 2 saturated heterocycles. The highest BCUT2D eigenvalue weighted by molar-refractivity contribution is 6.22. The van der Waals surface area contributed by atoms with Crippen LogP contribution in [0.2, 0.25) is 0 Å². The summed E-state index contributed by atoms with van der Waals surface area (Å²) in [6, 6.07) is 12.6. The van der Waals surface area contributed by atoms with Crippen LogP contribution < -0.4 is 19.4 Å². The van der Waals surface area contributed by atoms with Gasteiger partial charge >= 0.3 is 0 Å². The van der Waals surface area contributed by atoms with Gasteiger partial charge in [0.05, 0.1) is 29.6 Å². The summed E-state index contributed by atoms with van der Waals surface area (Å²) < 4.78 is 5.32. The Morgan fingerprint density at radius 2 is 1.63 bits per heavy atom. The smallest absolute Gasteiger partial charge is 0.294 e. The average molecular weight is 479 g/mol. The van der Waals surface area contributed by atoms with E-state index in [1.807, 2.05) is 29.2 Å². The van der Waals surface area contributed by atoms with Gasteiger partial charge in [-0.05, 0) is 49.4 Å². The number of carbonyl (C=O) groups is 2. The molecule has 2 aromatic rings. The quantitative estimate of drug-likeness (QED) is 0.366. The Bertz CT molecular complexity index is 1160. The van der Waals surface area contributed by atoms with E-state index in [-0.39, 0.29) is 29.3 Å². The molecule has 9 nitrogen and oxygen atoms in total. The summed E-state index contributed by atoms with van der Waals surface area (Å²) >= 11 is 0. The van der Waals surface area contributed by atoms with Crippen molar-refractivity contribution in [3.8, 4) is 5.75 Å². The zero-order valence-corrected chi connectivity index (χ0v) is 20.1. The van der Waals surface area contributed by atoms with Gasteiger partial charge < -0.3 is 14.5 Å². The SMILES string of the molecule is COc1cccc(N2CCN(c3ccc(N4C(=O)[C@@H]5CC[C@H](C)C[C@H]5C4=O)cc3[N+](=O)[O-])CC2)c1. The number of piperazine rings is 1. The van der Waals surface area contributed by atoms with Crippen LogP contribution in [0.4, 0.5) is 22.7 Å². The number of ether oxygens (including phenoxy) is 1. The maximum atomic E-state index is 13.1. The molecule has 1 saturated carbocycles. The van der Waals surface area contributed by atoms with Crippen molar-refractivity contribution in [2.24, 2.45) is 17.8 Å². The summed E-state index contributed by atoms with van der Waals surface area (Å²) in [7, 11) is 1.64. The number of fused-ring (bicyclic) bond motifs is 1. The van der Waals surface area contributed by atoms with Crippen LogP contribution in [-0.2, 0) is 9.59 Å². The summed E-state index contributed by atoms with van der Waals surface area (Å²) in [5.74, 6) is 0.134. The van der Waals surface area contributed by atoms with Crippen LogP contribution >= 0.6 is 0 Å². The van der Waals surface area contributed by atoms with Gasteiger partial charge in [0.1, 0.15) is 11.4 Å². The molecular weight excluding hydrogens is 448 g/mol. The van der Waals surface area contributed by atoms with E-state index in [1.165, 1.54) is 11.0 Å². The fourth-order valence-electron chi connectivity index (χ4n) is 5.72. The molecule has 2 aromatic carbocycles. The van der Waals surface area contributed by atoms with Crippen LogP contribution in [0.1, 0.15) is 26.2 Å². The molecule has 3 aliphatic rings. The lowest BCUT2D eigenvalue weighted by molar-refractivity contribution is -0.384. The number of imide groups is 1. The molecule has 35 heavy (non-hydrogen) atoms. The van der Waals surface area contributed by atoms with Gasteiger partial charge in [0.15, 0.2) is 0 Å². The summed E-state index contributed by atoms with van der Waals surface area (Å²) in [6.45, 7) is 4.74. The molecule has 2 aliphatic heterocycles. The summed E-state index contributed by atoms with van der Waals surface area (Å²) in [5.41, 5.74) is 1.78. The van der Waals surface area contributed by atoms with E-state index in [9.17, 15) is 19.7 Å². The molecule has 2 heterocycles. The van der Waals surface area contributed by atoms with E-state index >= 15 is 0 Å². The minimum Gasteiger partial charge on any atom is -0.497 e. The fourth-order valence-corrected chi connectivity index (χ4v) is 5.72. The molecule has 184 valence electrons. The Morgan fingerprint density at radius 1 is 0.914 bits per heavy atom. The van der Waals surface area contributed by atoms with Gasteiger partial charge in [0.2, 0.25) is 11.8 Å². The highest BCUT2D eigenvalue weighted by Crippen LogP contribution is 2.43. The minimum absolute atomic E-state index is 0.0822. The number of carbonyl (C=O) groups excluding carboxylic acids is 2. The molecule has 3 atom stereocenters. The van der Waals surface area contributed by atoms with Crippen molar-refractivity contribution in [1.82, 2.24) is 0 Å². The lowest BCUT2D eigenvalue weighted by Crippen LogP contribution is -2.46. The van der Waals surface area contributed by atoms with Gasteiger partial charge in [-0.3, -0.25) is 19.7 Å². The number of nitrogens with zero attached hydrogens (tertiary/aromatic N) is 4. The van der Waals surface area contributed by atoms with Crippen molar-refractivity contribution in [1.29, 1.82) is 0 Å². The first kappa shape index (κ1) is 23.1. The number of hydrogen-bond donors (Lipinski definition) is 0. The monoisotopic (exact) mass is 478 g/mol. The number of methoxy groups -OCH3 is 1. The normalized spacial score (nSPS) is 24.5. The highest BCUT2D eigenvalue weighted by atomic mass is 16.6. The first-order valence-corrected chi connectivity index (χ1v) is 12.2. The highest BCUT2D eigenvalue weighted by Gasteiger charge is 2.50. The number of nitro benzene ring substituents is 1. The molecule has 0 radical (unpaired) electrons. The van der Waals surface area contributed by atoms with E-state index in [1.54, 1.807) is 19.2 Å². The molecule has 9 heteroatoms. The standard InChI is InChI=1S/C26H30N4O5/c1-17-6-8-21-22(14-17)26(32)29(25(21)31)19-7-9-23(24(16-19)30(33)34)28-12-10-27(11-13-28)18-4-3-5-20(15-18)35-2/h3-5,7,9,15-17,21-22H,6,8,10-14H2,1-2H3/t17-,21+,22+/m0/s1. The Hall–Kier alpha value is -3.62. The number of hydrogen-bond acceptors (Lipinski definition) is 7. The van der Waals surface area contributed by atoms with Gasteiger partial charge in [0, 0.05) is 44.0 Å². The topological polar surface area (TPSA) is 96.2 Å². The van der Waals surface area contributed by atoms with E-state index < -0.39 is 4.92 Å². The lowest BCUT2D eigenvalue weighted by atomic mass is 9.76. The third kappa shape index (κ3) is 4.19. The van der Waals surface area contributed by atoms with Crippen LogP contribution in [0.15, 0.2) is 42.5 Å². The Labute approximate surface area is 204 Å². The van der Waals surface area contributed by atoms with Crippen molar-refractivity contribution in [3.05, 3.63) is 52.6 Å². The predicted molar refractivity (Wildman–Crippen MR) is 133 cm³/mol. The zero-order chi connectivity index (χ0) is 24.7. The van der Waals surface area contributed by atoms with Crippen molar-refractivity contribution in [3.63, 3.8) is 0 Å². The van der Waals surface area contributed by atoms with E-state index in [4.69, 9.17) is 4.74 Å². The van der Waals surface area contributed by atoms with Crippen molar-refractivity contribution < 1.29 is 19.2 Å². The predicted octanol–water partition coefficient (Wildman–Crippen LogP) is 3.86. The fraction of sp³-hybridized carbons (Fsp3) is 0.462. The lowest BCUT2D eigenvalue weighted by Gasteiger charge is -2.37. The second-order valence-electron chi connectivity index (χ2n) is 9.75. The number of amides is 2.